The van der Waals surface area contributed by atoms with E-state index in [2.05, 4.69) is 9.97 Å². The number of nitrogens with zero attached hydrogens (tertiary/aromatic N) is 2. The fourth-order valence-corrected chi connectivity index (χ4v) is 3.18. The van der Waals surface area contributed by atoms with Crippen LogP contribution in [0.2, 0.25) is 0 Å². The van der Waals surface area contributed by atoms with Crippen molar-refractivity contribution in [3.05, 3.63) is 60.7 Å². The van der Waals surface area contributed by atoms with Gasteiger partial charge in [0, 0.05) is 10.8 Å². The van der Waals surface area contributed by atoms with E-state index in [4.69, 9.17) is 30.4 Å². The first-order valence-corrected chi connectivity index (χ1v) is 10.4. The summed E-state index contributed by atoms with van der Waals surface area (Å²) in [7, 11) is 0. The lowest BCUT2D eigenvalue weighted by Gasteiger charge is -2.09. The number of hydrogen-bond donors (Lipinski definition) is 2. The number of benzene rings is 2. The molecule has 0 saturated heterocycles. The predicted octanol–water partition coefficient (Wildman–Crippen LogP) is 3.44. The molecule has 0 bridgehead atoms. The number of nitrogen functional groups attached to an aromatic ring is 2. The monoisotopic (exact) mass is 434 g/mol. The third kappa shape index (κ3) is 5.96. The average Bonchev–Trinajstić information content (AvgIpc) is 2.80. The highest BCUT2D eigenvalue weighted by atomic mass is 16.6. The summed E-state index contributed by atoms with van der Waals surface area (Å²) >= 11 is 0. The van der Waals surface area contributed by atoms with Gasteiger partial charge < -0.3 is 30.4 Å². The van der Waals surface area contributed by atoms with E-state index >= 15 is 0 Å². The fourth-order valence-electron chi connectivity index (χ4n) is 3.18. The first kappa shape index (κ1) is 21.6. The molecule has 4 aromatic rings. The first-order valence-electron chi connectivity index (χ1n) is 10.4. The van der Waals surface area contributed by atoms with Crippen LogP contribution in [0.5, 0.6) is 11.5 Å². The molecule has 0 amide bonds. The summed E-state index contributed by atoms with van der Waals surface area (Å²) in [6.07, 6.45) is 0. The maximum atomic E-state index is 5.72. The molecule has 0 atom stereocenters. The second kappa shape index (κ2) is 10.6. The van der Waals surface area contributed by atoms with Crippen molar-refractivity contribution in [1.29, 1.82) is 0 Å². The summed E-state index contributed by atoms with van der Waals surface area (Å²) in [5.74, 6) is 2.55. The van der Waals surface area contributed by atoms with Crippen molar-refractivity contribution in [1.82, 2.24) is 9.97 Å². The van der Waals surface area contributed by atoms with Crippen LogP contribution in [0.1, 0.15) is 0 Å². The van der Waals surface area contributed by atoms with Crippen molar-refractivity contribution in [3.8, 4) is 11.5 Å². The molecule has 8 nitrogen and oxygen atoms in total. The molecule has 166 valence electrons. The van der Waals surface area contributed by atoms with Crippen LogP contribution >= 0.6 is 0 Å². The fraction of sp³-hybridized carbons (Fsp3) is 0.250. The number of fused-ring (bicyclic) bond motifs is 2. The minimum absolute atomic E-state index is 0.458. The van der Waals surface area contributed by atoms with Gasteiger partial charge in [-0.1, -0.05) is 0 Å². The summed E-state index contributed by atoms with van der Waals surface area (Å²) in [6, 6.07) is 18.8. The lowest BCUT2D eigenvalue weighted by molar-refractivity contribution is 0.0274. The van der Waals surface area contributed by atoms with Gasteiger partial charge in [-0.25, -0.2) is 9.97 Å². The molecular formula is C24H26N4O4. The zero-order valence-corrected chi connectivity index (χ0v) is 17.7. The zero-order chi connectivity index (χ0) is 22.2. The predicted molar refractivity (Wildman–Crippen MR) is 125 cm³/mol. The minimum atomic E-state index is 0.458. The summed E-state index contributed by atoms with van der Waals surface area (Å²) in [4.78, 5) is 8.54. The minimum Gasteiger partial charge on any atom is -0.491 e. The Bertz CT molecular complexity index is 1090. The Kier molecular flexibility index (Phi) is 7.16. The average molecular weight is 434 g/mol. The van der Waals surface area contributed by atoms with Crippen molar-refractivity contribution >= 4 is 33.4 Å². The lowest BCUT2D eigenvalue weighted by Crippen LogP contribution is -2.13. The molecule has 0 unspecified atom stereocenters. The van der Waals surface area contributed by atoms with Crippen LogP contribution in [0.4, 0.5) is 11.6 Å². The van der Waals surface area contributed by atoms with Crippen LogP contribution in [0.25, 0.3) is 21.8 Å². The normalized spacial score (nSPS) is 11.1. The van der Waals surface area contributed by atoms with Gasteiger partial charge in [0.25, 0.3) is 0 Å². The Morgan fingerprint density at radius 1 is 0.531 bits per heavy atom. The number of pyridine rings is 2. The third-order valence-electron chi connectivity index (χ3n) is 4.73. The second-order valence-corrected chi connectivity index (χ2v) is 7.10. The van der Waals surface area contributed by atoms with E-state index in [9.17, 15) is 0 Å². The molecule has 0 fully saturated rings. The Balaban J connectivity index is 1.06. The van der Waals surface area contributed by atoms with Gasteiger partial charge in [-0.05, 0) is 60.7 Å². The molecule has 32 heavy (non-hydrogen) atoms. The number of hydrogen-bond acceptors (Lipinski definition) is 8. The van der Waals surface area contributed by atoms with Gasteiger partial charge in [0.15, 0.2) is 0 Å². The van der Waals surface area contributed by atoms with E-state index < -0.39 is 0 Å². The number of ether oxygens (including phenoxy) is 4. The van der Waals surface area contributed by atoms with Crippen molar-refractivity contribution in [2.24, 2.45) is 0 Å². The Hall–Kier alpha value is -3.62. The first-order chi connectivity index (χ1) is 15.7. The molecule has 0 aliphatic heterocycles. The van der Waals surface area contributed by atoms with Crippen LogP contribution in [0.3, 0.4) is 0 Å². The van der Waals surface area contributed by atoms with Crippen molar-refractivity contribution in [2.75, 3.05) is 51.1 Å². The Morgan fingerprint density at radius 3 is 1.44 bits per heavy atom. The van der Waals surface area contributed by atoms with E-state index in [0.717, 1.165) is 33.3 Å². The standard InChI is InChI=1S/C24H26N4O4/c25-23-7-1-17-15-19(3-5-21(17)27-23)31-13-11-29-9-10-30-12-14-32-20-4-6-22-18(16-20)2-8-24(26)28-22/h1-8,15-16H,9-14H2,(H2,25,27)(H2,26,28). The van der Waals surface area contributed by atoms with Gasteiger partial charge in [0.2, 0.25) is 0 Å². The van der Waals surface area contributed by atoms with Crippen molar-refractivity contribution < 1.29 is 18.9 Å². The van der Waals surface area contributed by atoms with E-state index in [0.29, 0.717) is 51.3 Å². The molecule has 4 N–H and O–H groups in total. The highest BCUT2D eigenvalue weighted by Gasteiger charge is 2.01. The van der Waals surface area contributed by atoms with E-state index in [1.807, 2.05) is 48.5 Å². The molecule has 0 radical (unpaired) electrons. The molecule has 8 heteroatoms. The van der Waals surface area contributed by atoms with Crippen molar-refractivity contribution in [3.63, 3.8) is 0 Å². The largest absolute Gasteiger partial charge is 0.491 e. The van der Waals surface area contributed by atoms with Crippen LogP contribution in [0.15, 0.2) is 60.7 Å². The van der Waals surface area contributed by atoms with Gasteiger partial charge in [-0.3, -0.25) is 0 Å². The topological polar surface area (TPSA) is 115 Å². The third-order valence-corrected chi connectivity index (χ3v) is 4.73. The quantitative estimate of drug-likeness (QED) is 0.345. The molecule has 0 aliphatic carbocycles. The van der Waals surface area contributed by atoms with Crippen LogP contribution in [-0.2, 0) is 9.47 Å². The molecule has 2 aromatic heterocycles. The molecule has 0 spiro atoms. The molecule has 0 saturated carbocycles. The number of aromatic nitrogens is 2. The van der Waals surface area contributed by atoms with Crippen LogP contribution in [0, 0.1) is 0 Å². The van der Waals surface area contributed by atoms with Crippen molar-refractivity contribution in [2.45, 2.75) is 0 Å². The van der Waals surface area contributed by atoms with Crippen LogP contribution in [-0.4, -0.2) is 49.6 Å². The Morgan fingerprint density at radius 2 is 0.969 bits per heavy atom. The lowest BCUT2D eigenvalue weighted by atomic mass is 10.2. The van der Waals surface area contributed by atoms with Crippen LogP contribution < -0.4 is 20.9 Å². The van der Waals surface area contributed by atoms with Gasteiger partial charge in [0.1, 0.15) is 36.3 Å². The molecule has 2 heterocycles. The maximum absolute atomic E-state index is 5.72. The van der Waals surface area contributed by atoms with E-state index in [-0.39, 0.29) is 0 Å². The van der Waals surface area contributed by atoms with E-state index in [1.165, 1.54) is 0 Å². The summed E-state index contributed by atoms with van der Waals surface area (Å²) < 4.78 is 22.5. The molecule has 2 aromatic carbocycles. The highest BCUT2D eigenvalue weighted by molar-refractivity contribution is 5.82. The highest BCUT2D eigenvalue weighted by Crippen LogP contribution is 2.21. The smallest absolute Gasteiger partial charge is 0.124 e. The second-order valence-electron chi connectivity index (χ2n) is 7.10. The summed E-state index contributed by atoms with van der Waals surface area (Å²) in [5, 5.41) is 1.97. The molecule has 0 aliphatic rings. The van der Waals surface area contributed by atoms with Gasteiger partial charge >= 0.3 is 0 Å². The SMILES string of the molecule is Nc1ccc2cc(OCCOCCOCCOc3ccc4nc(N)ccc4c3)ccc2n1. The zero-order valence-electron chi connectivity index (χ0n) is 17.7. The number of rotatable bonds is 11. The summed E-state index contributed by atoms with van der Waals surface area (Å²) in [5.41, 5.74) is 13.1. The maximum Gasteiger partial charge on any atom is 0.124 e. The number of anilines is 2. The van der Waals surface area contributed by atoms with Gasteiger partial charge in [-0.15, -0.1) is 0 Å². The van der Waals surface area contributed by atoms with Gasteiger partial charge in [0.05, 0.1) is 37.5 Å². The Labute approximate surface area is 186 Å². The van der Waals surface area contributed by atoms with Gasteiger partial charge in [-0.2, -0.15) is 0 Å². The summed E-state index contributed by atoms with van der Waals surface area (Å²) in [6.45, 7) is 2.86. The molecular weight excluding hydrogens is 408 g/mol. The molecule has 4 rings (SSSR count). The number of nitrogens with two attached hydrogens (primary N) is 2. The van der Waals surface area contributed by atoms with E-state index in [1.54, 1.807) is 12.1 Å².